The Hall–Kier alpha value is -4.46. The van der Waals surface area contributed by atoms with Crippen molar-refractivity contribution in [2.75, 3.05) is 11.9 Å². The number of carbonyl (C=O) groups is 3. The number of aromatic nitrogens is 1. The molecule has 0 atom stereocenters. The smallest absolute Gasteiger partial charge is 0.339 e. The fourth-order valence-corrected chi connectivity index (χ4v) is 3.04. The van der Waals surface area contributed by atoms with Gasteiger partial charge in [0.15, 0.2) is 12.2 Å². The molecular weight excluding hydrogens is 398 g/mol. The molecule has 0 radical (unpaired) electrons. The zero-order valence-corrected chi connectivity index (χ0v) is 16.2. The Morgan fingerprint density at radius 3 is 2.35 bits per heavy atom. The number of nitrogens with two attached hydrogens (primary N) is 1. The van der Waals surface area contributed by atoms with E-state index in [-0.39, 0.29) is 22.7 Å². The summed E-state index contributed by atoms with van der Waals surface area (Å²) >= 11 is 0. The predicted octanol–water partition coefficient (Wildman–Crippen LogP) is 3.39. The molecule has 0 aliphatic heterocycles. The van der Waals surface area contributed by atoms with E-state index in [0.717, 1.165) is 0 Å². The summed E-state index contributed by atoms with van der Waals surface area (Å²) in [6.45, 7) is -0.548. The van der Waals surface area contributed by atoms with Crippen LogP contribution in [-0.4, -0.2) is 29.4 Å². The summed E-state index contributed by atoms with van der Waals surface area (Å²) in [5.74, 6) is -1.73. The standard InChI is InChI=1S/C23H17N3O5/c24-21(28)16-9-3-4-10-17(16)25-20(27)13-30-23(29)15-8-2-1-7-14(15)22-26-18-11-5-6-12-19(18)31-22/h1-12H,13H2,(H2,24,28)(H,25,27). The SMILES string of the molecule is NC(=O)c1ccccc1NC(=O)COC(=O)c1ccccc1-c1nc2ccccc2o1. The van der Waals surface area contributed by atoms with E-state index in [1.807, 2.05) is 12.1 Å². The van der Waals surface area contributed by atoms with Crippen LogP contribution in [0.2, 0.25) is 0 Å². The van der Waals surface area contributed by atoms with Gasteiger partial charge in [-0.3, -0.25) is 9.59 Å². The van der Waals surface area contributed by atoms with Crippen LogP contribution in [0, 0.1) is 0 Å². The fourth-order valence-electron chi connectivity index (χ4n) is 3.04. The Balaban J connectivity index is 1.48. The maximum Gasteiger partial charge on any atom is 0.339 e. The lowest BCUT2D eigenvalue weighted by atomic mass is 10.1. The van der Waals surface area contributed by atoms with Crippen molar-refractivity contribution in [2.24, 2.45) is 5.73 Å². The van der Waals surface area contributed by atoms with E-state index in [2.05, 4.69) is 10.3 Å². The average Bonchev–Trinajstić information content (AvgIpc) is 3.22. The molecule has 0 fully saturated rings. The number of oxazole rings is 1. The van der Waals surface area contributed by atoms with Crippen LogP contribution in [0.25, 0.3) is 22.6 Å². The lowest BCUT2D eigenvalue weighted by Gasteiger charge is -2.10. The van der Waals surface area contributed by atoms with Crippen LogP contribution in [-0.2, 0) is 9.53 Å². The van der Waals surface area contributed by atoms with E-state index in [4.69, 9.17) is 14.9 Å². The van der Waals surface area contributed by atoms with Gasteiger partial charge in [0.05, 0.1) is 22.4 Å². The van der Waals surface area contributed by atoms with Crippen molar-refractivity contribution in [3.05, 3.63) is 83.9 Å². The van der Waals surface area contributed by atoms with Gasteiger partial charge in [0.1, 0.15) is 5.52 Å². The van der Waals surface area contributed by atoms with E-state index in [1.165, 1.54) is 12.1 Å². The normalized spacial score (nSPS) is 10.6. The number of nitrogens with zero attached hydrogens (tertiary/aromatic N) is 1. The fraction of sp³-hybridized carbons (Fsp3) is 0.0435. The van der Waals surface area contributed by atoms with Gasteiger partial charge in [-0.2, -0.15) is 0 Å². The van der Waals surface area contributed by atoms with Gasteiger partial charge >= 0.3 is 5.97 Å². The minimum atomic E-state index is -0.712. The number of esters is 1. The Morgan fingerprint density at radius 2 is 1.58 bits per heavy atom. The van der Waals surface area contributed by atoms with Crippen molar-refractivity contribution in [1.29, 1.82) is 0 Å². The topological polar surface area (TPSA) is 125 Å². The summed E-state index contributed by atoms with van der Waals surface area (Å²) in [7, 11) is 0. The van der Waals surface area contributed by atoms with Crippen LogP contribution in [0.1, 0.15) is 20.7 Å². The van der Waals surface area contributed by atoms with Gasteiger partial charge in [-0.15, -0.1) is 0 Å². The highest BCUT2D eigenvalue weighted by molar-refractivity contribution is 6.04. The van der Waals surface area contributed by atoms with E-state index >= 15 is 0 Å². The first-order valence-corrected chi connectivity index (χ1v) is 9.33. The molecule has 0 aliphatic rings. The first-order valence-electron chi connectivity index (χ1n) is 9.33. The number of hydrogen-bond donors (Lipinski definition) is 2. The summed E-state index contributed by atoms with van der Waals surface area (Å²) in [4.78, 5) is 40.7. The first-order chi connectivity index (χ1) is 15.0. The van der Waals surface area contributed by atoms with Crippen molar-refractivity contribution in [2.45, 2.75) is 0 Å². The molecule has 1 heterocycles. The molecule has 0 bridgehead atoms. The summed E-state index contributed by atoms with van der Waals surface area (Å²) in [6.07, 6.45) is 0. The minimum absolute atomic E-state index is 0.156. The predicted molar refractivity (Wildman–Crippen MR) is 113 cm³/mol. The molecule has 0 unspecified atom stereocenters. The number of nitrogens with one attached hydrogen (secondary N) is 1. The van der Waals surface area contributed by atoms with Crippen molar-refractivity contribution < 1.29 is 23.5 Å². The third kappa shape index (κ3) is 4.27. The minimum Gasteiger partial charge on any atom is -0.452 e. The van der Waals surface area contributed by atoms with Crippen molar-refractivity contribution in [3.63, 3.8) is 0 Å². The van der Waals surface area contributed by atoms with Gasteiger partial charge in [-0.05, 0) is 36.4 Å². The second kappa shape index (κ2) is 8.50. The van der Waals surface area contributed by atoms with E-state index < -0.39 is 24.4 Å². The maximum absolute atomic E-state index is 12.6. The molecule has 0 aliphatic carbocycles. The molecule has 4 rings (SSSR count). The third-order valence-electron chi connectivity index (χ3n) is 4.47. The number of anilines is 1. The quantitative estimate of drug-likeness (QED) is 0.465. The summed E-state index contributed by atoms with van der Waals surface area (Å²) < 4.78 is 10.9. The lowest BCUT2D eigenvalue weighted by Crippen LogP contribution is -2.23. The number of rotatable bonds is 6. The number of carbonyl (C=O) groups excluding carboxylic acids is 3. The molecule has 31 heavy (non-hydrogen) atoms. The van der Waals surface area contributed by atoms with Crippen molar-refractivity contribution >= 4 is 34.6 Å². The van der Waals surface area contributed by atoms with Crippen molar-refractivity contribution in [3.8, 4) is 11.5 Å². The van der Waals surface area contributed by atoms with Gasteiger partial charge in [0, 0.05) is 0 Å². The zero-order valence-electron chi connectivity index (χ0n) is 16.2. The van der Waals surface area contributed by atoms with Crippen molar-refractivity contribution in [1.82, 2.24) is 4.98 Å². The molecular formula is C23H17N3O5. The highest BCUT2D eigenvalue weighted by atomic mass is 16.5. The number of primary amides is 1. The van der Waals surface area contributed by atoms with E-state index in [0.29, 0.717) is 16.7 Å². The number of para-hydroxylation sites is 3. The zero-order chi connectivity index (χ0) is 21.8. The average molecular weight is 415 g/mol. The van der Waals surface area contributed by atoms with Gasteiger partial charge in [0.2, 0.25) is 5.89 Å². The number of hydrogen-bond acceptors (Lipinski definition) is 6. The number of fused-ring (bicyclic) bond motifs is 1. The van der Waals surface area contributed by atoms with Crippen LogP contribution >= 0.6 is 0 Å². The summed E-state index contributed by atoms with van der Waals surface area (Å²) in [6, 6.07) is 20.2. The second-order valence-corrected chi connectivity index (χ2v) is 6.57. The van der Waals surface area contributed by atoms with Gasteiger partial charge in [0.25, 0.3) is 11.8 Å². The number of ether oxygens (including phenoxy) is 1. The van der Waals surface area contributed by atoms with Crippen LogP contribution < -0.4 is 11.1 Å². The lowest BCUT2D eigenvalue weighted by molar-refractivity contribution is -0.119. The van der Waals surface area contributed by atoms with Gasteiger partial charge in [-0.25, -0.2) is 9.78 Å². The third-order valence-corrected chi connectivity index (χ3v) is 4.47. The van der Waals surface area contributed by atoms with Crippen LogP contribution in [0.5, 0.6) is 0 Å². The molecule has 4 aromatic rings. The first kappa shape index (κ1) is 19.8. The molecule has 1 aromatic heterocycles. The summed E-state index contributed by atoms with van der Waals surface area (Å²) in [5, 5.41) is 2.51. The van der Waals surface area contributed by atoms with E-state index in [9.17, 15) is 14.4 Å². The van der Waals surface area contributed by atoms with Gasteiger partial charge in [-0.1, -0.05) is 36.4 Å². The monoisotopic (exact) mass is 415 g/mol. The molecule has 2 amide bonds. The highest BCUT2D eigenvalue weighted by Crippen LogP contribution is 2.27. The number of benzene rings is 3. The molecule has 0 saturated carbocycles. The van der Waals surface area contributed by atoms with E-state index in [1.54, 1.807) is 48.5 Å². The largest absolute Gasteiger partial charge is 0.452 e. The molecule has 8 nitrogen and oxygen atoms in total. The van der Waals surface area contributed by atoms with Crippen LogP contribution in [0.15, 0.2) is 77.2 Å². The maximum atomic E-state index is 12.6. The Bertz CT molecular complexity index is 1260. The molecule has 0 saturated heterocycles. The highest BCUT2D eigenvalue weighted by Gasteiger charge is 2.19. The Kier molecular flexibility index (Phi) is 5.44. The van der Waals surface area contributed by atoms with Gasteiger partial charge < -0.3 is 20.2 Å². The Labute approximate surface area is 176 Å². The molecule has 8 heteroatoms. The van der Waals surface area contributed by atoms with Crippen LogP contribution in [0.4, 0.5) is 5.69 Å². The molecule has 3 aromatic carbocycles. The molecule has 3 N–H and O–H groups in total. The second-order valence-electron chi connectivity index (χ2n) is 6.57. The molecule has 154 valence electrons. The van der Waals surface area contributed by atoms with Crippen LogP contribution in [0.3, 0.4) is 0 Å². The summed E-state index contributed by atoms with van der Waals surface area (Å²) in [5.41, 5.74) is 7.60. The molecule has 0 spiro atoms. The number of amides is 2. The Morgan fingerprint density at radius 1 is 0.903 bits per heavy atom.